The number of nitrogens with one attached hydrogen (secondary N) is 1. The van der Waals surface area contributed by atoms with Gasteiger partial charge >= 0.3 is 0 Å². The first-order valence-corrected chi connectivity index (χ1v) is 9.94. The van der Waals surface area contributed by atoms with Crippen molar-refractivity contribution in [2.45, 2.75) is 25.4 Å². The molecule has 3 heterocycles. The molecule has 2 aliphatic rings. The molecule has 4 rings (SSSR count). The number of hydrogen-bond donors (Lipinski definition) is 1. The molecule has 30 heavy (non-hydrogen) atoms. The molecule has 9 heteroatoms. The summed E-state index contributed by atoms with van der Waals surface area (Å²) >= 11 is 0. The molecule has 2 fully saturated rings. The number of imidazole rings is 1. The van der Waals surface area contributed by atoms with Crippen LogP contribution in [0.15, 0.2) is 30.7 Å². The van der Waals surface area contributed by atoms with E-state index >= 15 is 0 Å². The number of likely N-dealkylation sites (tertiary alicyclic amines) is 1. The number of anilines is 1. The molecule has 1 N–H and O–H groups in total. The van der Waals surface area contributed by atoms with Crippen LogP contribution in [-0.2, 0) is 9.53 Å². The second-order valence-electron chi connectivity index (χ2n) is 7.43. The van der Waals surface area contributed by atoms with Gasteiger partial charge in [-0.05, 0) is 31.4 Å². The Labute approximate surface area is 174 Å². The third-order valence-corrected chi connectivity index (χ3v) is 5.32. The Balaban J connectivity index is 1.48. The lowest BCUT2D eigenvalue weighted by molar-refractivity contribution is -0.119. The van der Waals surface area contributed by atoms with Gasteiger partial charge in [0.1, 0.15) is 24.3 Å². The number of ether oxygens (including phenoxy) is 2. The first-order chi connectivity index (χ1) is 14.7. The zero-order valence-electron chi connectivity index (χ0n) is 16.5. The first kappa shape index (κ1) is 19.7. The van der Waals surface area contributed by atoms with Gasteiger partial charge in [0.15, 0.2) is 12.0 Å². The fourth-order valence-corrected chi connectivity index (χ4v) is 3.70. The van der Waals surface area contributed by atoms with E-state index in [1.807, 2.05) is 0 Å². The van der Waals surface area contributed by atoms with Crippen molar-refractivity contribution >= 4 is 11.7 Å². The molecule has 0 aliphatic carbocycles. The van der Waals surface area contributed by atoms with Gasteiger partial charge in [0.05, 0.1) is 30.0 Å². The predicted molar refractivity (Wildman–Crippen MR) is 107 cm³/mol. The summed E-state index contributed by atoms with van der Waals surface area (Å²) in [5.41, 5.74) is 1.09. The van der Waals surface area contributed by atoms with Crippen LogP contribution < -0.4 is 10.1 Å². The summed E-state index contributed by atoms with van der Waals surface area (Å²) in [5, 5.41) is 21.2. The van der Waals surface area contributed by atoms with Crippen molar-refractivity contribution in [3.63, 3.8) is 0 Å². The molecule has 0 saturated carbocycles. The van der Waals surface area contributed by atoms with Crippen molar-refractivity contribution in [1.29, 1.82) is 10.5 Å². The number of hydrogen-bond acceptors (Lipinski definition) is 7. The van der Waals surface area contributed by atoms with Crippen LogP contribution in [0.25, 0.3) is 5.69 Å². The van der Waals surface area contributed by atoms with Gasteiger partial charge in [-0.15, -0.1) is 0 Å². The van der Waals surface area contributed by atoms with Crippen molar-refractivity contribution in [3.05, 3.63) is 36.3 Å². The standard InChI is InChI=1S/C21H22N6O3/c22-9-15-3-4-17(30-18-2-1-7-29-12-18)8-19(15)27-11-20(24-14-27)25-21(28)16-5-6-26(10-16)13-23/h3-4,8,11,14,16,18H,1-2,5-7,10,12H2,(H,25,28)/t16-,18-/m0/s1. The highest BCUT2D eigenvalue weighted by Crippen LogP contribution is 2.25. The summed E-state index contributed by atoms with van der Waals surface area (Å²) < 4.78 is 13.2. The molecule has 2 atom stereocenters. The number of rotatable bonds is 5. The van der Waals surface area contributed by atoms with E-state index in [2.05, 4.69) is 22.6 Å². The lowest BCUT2D eigenvalue weighted by Crippen LogP contribution is -2.28. The second-order valence-corrected chi connectivity index (χ2v) is 7.43. The normalized spacial score (nSPS) is 20.9. The third kappa shape index (κ3) is 4.37. The van der Waals surface area contributed by atoms with Crippen molar-refractivity contribution in [3.8, 4) is 23.7 Å². The van der Waals surface area contributed by atoms with Crippen LogP contribution in [0.3, 0.4) is 0 Å². The van der Waals surface area contributed by atoms with Crippen molar-refractivity contribution < 1.29 is 14.3 Å². The van der Waals surface area contributed by atoms with E-state index in [4.69, 9.17) is 14.7 Å². The largest absolute Gasteiger partial charge is 0.488 e. The maximum Gasteiger partial charge on any atom is 0.230 e. The van der Waals surface area contributed by atoms with Crippen LogP contribution in [0.5, 0.6) is 5.75 Å². The zero-order chi connectivity index (χ0) is 20.9. The van der Waals surface area contributed by atoms with E-state index in [0.717, 1.165) is 19.4 Å². The number of carbonyl (C=O) groups excluding carboxylic acids is 1. The van der Waals surface area contributed by atoms with Crippen LogP contribution in [-0.4, -0.2) is 52.8 Å². The fourth-order valence-electron chi connectivity index (χ4n) is 3.70. The van der Waals surface area contributed by atoms with Crippen molar-refractivity contribution in [2.75, 3.05) is 31.6 Å². The minimum Gasteiger partial charge on any atom is -0.488 e. The molecule has 0 unspecified atom stereocenters. The number of amides is 1. The predicted octanol–water partition coefficient (Wildman–Crippen LogP) is 2.04. The molecular weight excluding hydrogens is 384 g/mol. The zero-order valence-corrected chi connectivity index (χ0v) is 16.5. The van der Waals surface area contributed by atoms with Crippen LogP contribution in [0.4, 0.5) is 5.82 Å². The summed E-state index contributed by atoms with van der Waals surface area (Å²) in [6.45, 7) is 2.33. The van der Waals surface area contributed by atoms with E-state index in [-0.39, 0.29) is 17.9 Å². The van der Waals surface area contributed by atoms with Gasteiger partial charge in [0.25, 0.3) is 0 Å². The summed E-state index contributed by atoms with van der Waals surface area (Å²) in [5.74, 6) is 0.652. The molecule has 0 radical (unpaired) electrons. The third-order valence-electron chi connectivity index (χ3n) is 5.32. The molecule has 2 aliphatic heterocycles. The SMILES string of the molecule is N#Cc1ccc(O[C@H]2CCCOC2)cc1-n1cnc(NC(=O)[C@H]2CCN(C#N)C2)c1. The molecule has 0 spiro atoms. The maximum absolute atomic E-state index is 12.4. The highest BCUT2D eigenvalue weighted by atomic mass is 16.5. The Morgan fingerprint density at radius 2 is 2.23 bits per heavy atom. The topological polar surface area (TPSA) is 116 Å². The summed E-state index contributed by atoms with van der Waals surface area (Å²) in [4.78, 5) is 18.3. The van der Waals surface area contributed by atoms with Crippen LogP contribution in [0.1, 0.15) is 24.8 Å². The Morgan fingerprint density at radius 3 is 2.97 bits per heavy atom. The smallest absolute Gasteiger partial charge is 0.230 e. The molecule has 1 amide bonds. The number of benzene rings is 1. The van der Waals surface area contributed by atoms with Gasteiger partial charge in [0.2, 0.25) is 5.91 Å². The molecule has 1 aromatic heterocycles. The van der Waals surface area contributed by atoms with Gasteiger partial charge < -0.3 is 24.3 Å². The Hall–Kier alpha value is -3.56. The minimum atomic E-state index is -0.237. The van der Waals surface area contributed by atoms with Crippen LogP contribution in [0.2, 0.25) is 0 Å². The monoisotopic (exact) mass is 406 g/mol. The Morgan fingerprint density at radius 1 is 1.33 bits per heavy atom. The number of carbonyl (C=O) groups is 1. The van der Waals surface area contributed by atoms with E-state index in [1.165, 1.54) is 0 Å². The quantitative estimate of drug-likeness (QED) is 0.755. The van der Waals surface area contributed by atoms with Gasteiger partial charge in [-0.1, -0.05) is 0 Å². The Kier molecular flexibility index (Phi) is 5.82. The summed E-state index contributed by atoms with van der Waals surface area (Å²) in [6, 6.07) is 7.46. The van der Waals surface area contributed by atoms with Gasteiger partial charge in [-0.2, -0.15) is 10.5 Å². The molecule has 2 saturated heterocycles. The summed E-state index contributed by atoms with van der Waals surface area (Å²) in [6.07, 6.45) is 7.82. The van der Waals surface area contributed by atoms with Crippen LogP contribution >= 0.6 is 0 Å². The number of aromatic nitrogens is 2. The number of nitrogens with zero attached hydrogens (tertiary/aromatic N) is 5. The summed E-state index contributed by atoms with van der Waals surface area (Å²) in [7, 11) is 0. The van der Waals surface area contributed by atoms with Crippen molar-refractivity contribution in [1.82, 2.24) is 14.5 Å². The molecule has 154 valence electrons. The molecule has 1 aromatic carbocycles. The molecular formula is C21H22N6O3. The van der Waals surface area contributed by atoms with Crippen molar-refractivity contribution in [2.24, 2.45) is 5.92 Å². The maximum atomic E-state index is 12.4. The lowest BCUT2D eigenvalue weighted by Gasteiger charge is -2.23. The average molecular weight is 406 g/mol. The second kappa shape index (κ2) is 8.85. The molecule has 0 bridgehead atoms. The van der Waals surface area contributed by atoms with E-state index in [9.17, 15) is 10.1 Å². The minimum absolute atomic E-state index is 0.00319. The highest BCUT2D eigenvalue weighted by Gasteiger charge is 2.28. The van der Waals surface area contributed by atoms with Gasteiger partial charge in [-0.25, -0.2) is 4.98 Å². The molecule has 2 aromatic rings. The van der Waals surface area contributed by atoms with Crippen LogP contribution in [0, 0.1) is 28.7 Å². The van der Waals surface area contributed by atoms with E-state index in [1.54, 1.807) is 40.2 Å². The van der Waals surface area contributed by atoms with Gasteiger partial charge in [0, 0.05) is 25.8 Å². The first-order valence-electron chi connectivity index (χ1n) is 9.94. The average Bonchev–Trinajstić information content (AvgIpc) is 3.44. The van der Waals surface area contributed by atoms with E-state index < -0.39 is 0 Å². The highest BCUT2D eigenvalue weighted by molar-refractivity contribution is 5.92. The van der Waals surface area contributed by atoms with E-state index in [0.29, 0.717) is 48.9 Å². The number of nitriles is 2. The van der Waals surface area contributed by atoms with Gasteiger partial charge in [-0.3, -0.25) is 4.79 Å². The Bertz CT molecular complexity index is 999. The molecule has 9 nitrogen and oxygen atoms in total. The fraction of sp³-hybridized carbons (Fsp3) is 0.429. The lowest BCUT2D eigenvalue weighted by atomic mass is 10.1.